The van der Waals surface area contributed by atoms with Crippen LogP contribution in [0.1, 0.15) is 28.4 Å². The Labute approximate surface area is 203 Å². The van der Waals surface area contributed by atoms with Gasteiger partial charge in [-0.05, 0) is 66.9 Å². The number of benzene rings is 3. The Kier molecular flexibility index (Phi) is 9.57. The lowest BCUT2D eigenvalue weighted by molar-refractivity contribution is 0.0829. The van der Waals surface area contributed by atoms with Crippen LogP contribution in [0.2, 0.25) is 0 Å². The minimum Gasteiger partial charge on any atom is -0.497 e. The topological polar surface area (TPSA) is 79.8 Å². The van der Waals surface area contributed by atoms with Crippen LogP contribution in [-0.4, -0.2) is 43.4 Å². The van der Waals surface area contributed by atoms with Crippen molar-refractivity contribution in [3.05, 3.63) is 95.1 Å². The van der Waals surface area contributed by atoms with Gasteiger partial charge < -0.3 is 25.2 Å². The number of amides is 1. The number of halogens is 2. The van der Waals surface area contributed by atoms with Crippen molar-refractivity contribution >= 4 is 5.91 Å². The van der Waals surface area contributed by atoms with Crippen LogP contribution in [0.15, 0.2) is 66.7 Å². The third-order valence-corrected chi connectivity index (χ3v) is 5.38. The van der Waals surface area contributed by atoms with E-state index in [4.69, 9.17) is 9.47 Å². The largest absolute Gasteiger partial charge is 0.497 e. The molecule has 6 nitrogen and oxygen atoms in total. The summed E-state index contributed by atoms with van der Waals surface area (Å²) in [6.07, 6.45) is -1.00. The van der Waals surface area contributed by atoms with Crippen molar-refractivity contribution in [3.63, 3.8) is 0 Å². The summed E-state index contributed by atoms with van der Waals surface area (Å²) in [7, 11) is 1.59. The summed E-state index contributed by atoms with van der Waals surface area (Å²) in [6.45, 7) is 2.89. The zero-order chi connectivity index (χ0) is 25.2. The fraction of sp³-hybridized carbons (Fsp3) is 0.296. The highest BCUT2D eigenvalue weighted by atomic mass is 19.1. The van der Waals surface area contributed by atoms with Gasteiger partial charge in [0.05, 0.1) is 25.9 Å². The Morgan fingerprint density at radius 3 is 2.40 bits per heavy atom. The van der Waals surface area contributed by atoms with Gasteiger partial charge in [-0.25, -0.2) is 8.78 Å². The lowest BCUT2D eigenvalue weighted by atomic mass is 10.00. The van der Waals surface area contributed by atoms with E-state index < -0.39 is 29.7 Å². The van der Waals surface area contributed by atoms with E-state index in [1.165, 1.54) is 12.1 Å². The molecule has 0 saturated carbocycles. The van der Waals surface area contributed by atoms with Crippen molar-refractivity contribution in [3.8, 4) is 11.5 Å². The van der Waals surface area contributed by atoms with Crippen molar-refractivity contribution in [2.75, 3.05) is 20.3 Å². The zero-order valence-corrected chi connectivity index (χ0v) is 19.8. The van der Waals surface area contributed by atoms with Crippen LogP contribution in [0, 0.1) is 11.6 Å². The van der Waals surface area contributed by atoms with Crippen molar-refractivity contribution in [2.24, 2.45) is 0 Å². The molecule has 3 N–H and O–H groups in total. The molecule has 35 heavy (non-hydrogen) atoms. The molecule has 0 radical (unpaired) electrons. The number of hydrogen-bond donors (Lipinski definition) is 3. The van der Waals surface area contributed by atoms with E-state index in [1.807, 2.05) is 31.2 Å². The van der Waals surface area contributed by atoms with E-state index in [0.29, 0.717) is 30.0 Å². The fourth-order valence-corrected chi connectivity index (χ4v) is 3.70. The molecule has 0 saturated heterocycles. The highest BCUT2D eigenvalue weighted by molar-refractivity contribution is 5.94. The number of nitrogens with one attached hydrogen (secondary N) is 2. The van der Waals surface area contributed by atoms with Crippen molar-refractivity contribution in [2.45, 2.75) is 32.0 Å². The summed E-state index contributed by atoms with van der Waals surface area (Å²) >= 11 is 0. The molecule has 3 rings (SSSR count). The maximum Gasteiger partial charge on any atom is 0.251 e. The summed E-state index contributed by atoms with van der Waals surface area (Å²) in [6, 6.07) is 16.5. The summed E-state index contributed by atoms with van der Waals surface area (Å²) in [5.41, 5.74) is 1.63. The van der Waals surface area contributed by atoms with Gasteiger partial charge in [0.2, 0.25) is 0 Å². The molecule has 0 aliphatic carbocycles. The summed E-state index contributed by atoms with van der Waals surface area (Å²) < 4.78 is 38.2. The molecule has 3 aromatic rings. The van der Waals surface area contributed by atoms with Gasteiger partial charge in [0.25, 0.3) is 5.91 Å². The molecule has 0 aliphatic rings. The average Bonchev–Trinajstić information content (AvgIpc) is 2.83. The third kappa shape index (κ3) is 8.05. The van der Waals surface area contributed by atoms with E-state index in [1.54, 1.807) is 31.4 Å². The van der Waals surface area contributed by atoms with Gasteiger partial charge in [-0.15, -0.1) is 0 Å². The van der Waals surface area contributed by atoms with Crippen LogP contribution in [0.5, 0.6) is 11.5 Å². The van der Waals surface area contributed by atoms with Crippen LogP contribution >= 0.6 is 0 Å². The molecule has 2 atom stereocenters. The number of aliphatic hydroxyl groups is 1. The second-order valence-electron chi connectivity index (χ2n) is 8.07. The van der Waals surface area contributed by atoms with Crippen LogP contribution in [0.4, 0.5) is 8.78 Å². The molecule has 0 spiro atoms. The molecule has 0 fully saturated rings. The first-order chi connectivity index (χ1) is 16.9. The fourth-order valence-electron chi connectivity index (χ4n) is 3.70. The first-order valence-electron chi connectivity index (χ1n) is 11.4. The van der Waals surface area contributed by atoms with Gasteiger partial charge in [0, 0.05) is 24.7 Å². The summed E-state index contributed by atoms with van der Waals surface area (Å²) in [5, 5.41) is 16.9. The van der Waals surface area contributed by atoms with Gasteiger partial charge in [0.1, 0.15) is 23.1 Å². The van der Waals surface area contributed by atoms with Crippen LogP contribution in [-0.2, 0) is 13.0 Å². The van der Waals surface area contributed by atoms with E-state index >= 15 is 0 Å². The van der Waals surface area contributed by atoms with Gasteiger partial charge in [-0.2, -0.15) is 0 Å². The molecule has 8 heteroatoms. The highest BCUT2D eigenvalue weighted by Crippen LogP contribution is 2.16. The molecule has 3 aromatic carbocycles. The van der Waals surface area contributed by atoms with Crippen LogP contribution in [0.3, 0.4) is 0 Å². The molecular formula is C27H30F2N2O4. The predicted octanol–water partition coefficient (Wildman–Crippen LogP) is 3.86. The SMILES string of the molecule is CCOc1cccc(C(=O)NC(Cc2cc(F)cc(F)c2)C(O)CNCc2cccc(OC)c2)c1. The number of aliphatic hydroxyl groups excluding tert-OH is 1. The van der Waals surface area contributed by atoms with Crippen LogP contribution < -0.4 is 20.1 Å². The lowest BCUT2D eigenvalue weighted by Gasteiger charge is -2.25. The zero-order valence-electron chi connectivity index (χ0n) is 19.8. The number of carbonyl (C=O) groups excluding carboxylic acids is 1. The second-order valence-corrected chi connectivity index (χ2v) is 8.07. The lowest BCUT2D eigenvalue weighted by Crippen LogP contribution is -2.48. The minimum atomic E-state index is -1.04. The Hall–Kier alpha value is -3.49. The Bertz CT molecular complexity index is 1110. The third-order valence-electron chi connectivity index (χ3n) is 5.38. The first kappa shape index (κ1) is 26.1. The highest BCUT2D eigenvalue weighted by Gasteiger charge is 2.23. The number of carbonyl (C=O) groups is 1. The standard InChI is InChI=1S/C27H30F2N2O4/c1-3-35-24-9-5-7-20(14-24)27(33)31-25(13-19-10-21(28)15-22(29)11-19)26(32)17-30-16-18-6-4-8-23(12-18)34-2/h4-12,14-15,25-26,30,32H,3,13,16-17H2,1-2H3,(H,31,33). The monoisotopic (exact) mass is 484 g/mol. The molecule has 1 amide bonds. The minimum absolute atomic E-state index is 0.0353. The molecule has 0 aromatic heterocycles. The molecule has 0 heterocycles. The van der Waals surface area contributed by atoms with Crippen molar-refractivity contribution in [1.82, 2.24) is 10.6 Å². The molecule has 186 valence electrons. The van der Waals surface area contributed by atoms with E-state index in [9.17, 15) is 18.7 Å². The molecule has 0 bridgehead atoms. The Balaban J connectivity index is 1.72. The predicted molar refractivity (Wildman–Crippen MR) is 130 cm³/mol. The van der Waals surface area contributed by atoms with Gasteiger partial charge in [-0.1, -0.05) is 18.2 Å². The van der Waals surface area contributed by atoms with E-state index in [0.717, 1.165) is 17.4 Å². The van der Waals surface area contributed by atoms with Crippen molar-refractivity contribution < 1.29 is 28.2 Å². The second kappa shape index (κ2) is 12.8. The maximum atomic E-state index is 13.7. The normalized spacial score (nSPS) is 12.6. The maximum absolute atomic E-state index is 13.7. The molecular weight excluding hydrogens is 454 g/mol. The number of hydrogen-bond acceptors (Lipinski definition) is 5. The quantitative estimate of drug-likeness (QED) is 0.364. The first-order valence-corrected chi connectivity index (χ1v) is 11.4. The van der Waals surface area contributed by atoms with E-state index in [2.05, 4.69) is 10.6 Å². The van der Waals surface area contributed by atoms with Crippen molar-refractivity contribution in [1.29, 1.82) is 0 Å². The van der Waals surface area contributed by atoms with Crippen LogP contribution in [0.25, 0.3) is 0 Å². The van der Waals surface area contributed by atoms with E-state index in [-0.39, 0.29) is 13.0 Å². The average molecular weight is 485 g/mol. The van der Waals surface area contributed by atoms with Gasteiger partial charge >= 0.3 is 0 Å². The van der Waals surface area contributed by atoms with Gasteiger partial charge in [-0.3, -0.25) is 4.79 Å². The van der Waals surface area contributed by atoms with Gasteiger partial charge in [0.15, 0.2) is 0 Å². The summed E-state index contributed by atoms with van der Waals surface area (Å²) in [4.78, 5) is 12.9. The number of methoxy groups -OCH3 is 1. The summed E-state index contributed by atoms with van der Waals surface area (Å²) in [5.74, 6) is -0.609. The molecule has 2 unspecified atom stereocenters. The number of rotatable bonds is 12. The Morgan fingerprint density at radius 1 is 0.971 bits per heavy atom. The Morgan fingerprint density at radius 2 is 1.69 bits per heavy atom. The smallest absolute Gasteiger partial charge is 0.251 e. The molecule has 0 aliphatic heterocycles. The number of ether oxygens (including phenoxy) is 2.